The maximum absolute atomic E-state index is 15.5. The number of rotatable bonds is 6. The van der Waals surface area contributed by atoms with Gasteiger partial charge in [0.1, 0.15) is 17.2 Å². The molecule has 4 aromatic carbocycles. The number of carbonyl (C=O) groups excluding carboxylic acids is 4. The minimum Gasteiger partial charge on any atom is -0.508 e. The predicted molar refractivity (Wildman–Crippen MR) is 196 cm³/mol. The number of fused-ring (bicyclic) bond motifs is 4. The number of phenols is 1. The first-order valence-electron chi connectivity index (χ1n) is 17.0. The Morgan fingerprint density at radius 3 is 2.12 bits per heavy atom. The number of ether oxygens (including phenoxy) is 2. The van der Waals surface area contributed by atoms with Crippen LogP contribution in [0.2, 0.25) is 10.0 Å². The molecule has 6 atom stereocenters. The molecule has 2 aliphatic heterocycles. The van der Waals surface area contributed by atoms with E-state index in [1.54, 1.807) is 42.5 Å². The number of amides is 4. The molecule has 1 saturated carbocycles. The Balaban J connectivity index is 1.39. The summed E-state index contributed by atoms with van der Waals surface area (Å²) in [6.07, 6.45) is 2.30. The fourth-order valence-corrected chi connectivity index (χ4v) is 9.60. The van der Waals surface area contributed by atoms with Gasteiger partial charge in [0, 0.05) is 33.7 Å². The Bertz CT molecular complexity index is 2200. The van der Waals surface area contributed by atoms with Crippen molar-refractivity contribution in [2.24, 2.45) is 23.7 Å². The fraction of sp³-hybridized carbons (Fsp3) is 0.268. The number of aryl methyl sites for hydroxylation is 1. The molecule has 4 aromatic rings. The minimum absolute atomic E-state index is 0.115. The molecule has 0 spiro atoms. The summed E-state index contributed by atoms with van der Waals surface area (Å²) >= 11 is 12.9. The molecule has 3 fully saturated rings. The van der Waals surface area contributed by atoms with Crippen molar-refractivity contribution in [2.75, 3.05) is 24.0 Å². The first kappa shape index (κ1) is 34.0. The topological polar surface area (TPSA) is 113 Å². The molecular weight excluding hydrogens is 703 g/mol. The minimum atomic E-state index is -1.55. The standard InChI is InChI=1S/C41H34Cl2N2O7/c1-21-12-13-25(17-31(21)43)44-37(47)28-15-14-27-29(34(28)39(44)49)20-30-38(48)45(24-11-7-10-23(42)16-24)40(50)41(30,22-8-5-4-6-9-22)36(27)35-32(51-2)18-26(46)19-33(35)52-3/h4-14,16-19,28-30,34,36,46H,15,20H2,1-3H3/t28-,29+,30-,34-,36+,41+/m0/s1. The second kappa shape index (κ2) is 12.5. The van der Waals surface area contributed by atoms with Gasteiger partial charge in [-0.25, -0.2) is 9.80 Å². The van der Waals surface area contributed by atoms with Crippen molar-refractivity contribution in [2.45, 2.75) is 31.1 Å². The Labute approximate surface area is 310 Å². The van der Waals surface area contributed by atoms with Gasteiger partial charge < -0.3 is 14.6 Å². The van der Waals surface area contributed by atoms with E-state index < -0.39 is 46.8 Å². The van der Waals surface area contributed by atoms with Gasteiger partial charge in [-0.2, -0.15) is 0 Å². The highest BCUT2D eigenvalue weighted by atomic mass is 35.5. The maximum atomic E-state index is 15.5. The molecular formula is C41H34Cl2N2O7. The zero-order chi connectivity index (χ0) is 36.6. The highest BCUT2D eigenvalue weighted by Crippen LogP contribution is 2.66. The van der Waals surface area contributed by atoms with Crippen molar-refractivity contribution in [3.63, 3.8) is 0 Å². The van der Waals surface area contributed by atoms with E-state index in [1.165, 1.54) is 36.2 Å². The number of imide groups is 2. The van der Waals surface area contributed by atoms with E-state index in [1.807, 2.05) is 43.3 Å². The lowest BCUT2D eigenvalue weighted by Gasteiger charge is -2.51. The summed E-state index contributed by atoms with van der Waals surface area (Å²) < 4.78 is 11.8. The fourth-order valence-electron chi connectivity index (χ4n) is 9.24. The zero-order valence-electron chi connectivity index (χ0n) is 28.5. The zero-order valence-corrected chi connectivity index (χ0v) is 30.0. The second-order valence-corrected chi connectivity index (χ2v) is 14.6. The molecule has 4 amide bonds. The monoisotopic (exact) mass is 736 g/mol. The summed E-state index contributed by atoms with van der Waals surface area (Å²) in [5.41, 5.74) is 1.72. The van der Waals surface area contributed by atoms with Crippen LogP contribution in [0, 0.1) is 30.6 Å². The lowest BCUT2D eigenvalue weighted by Crippen LogP contribution is -2.53. The molecule has 0 aromatic heterocycles. The molecule has 2 saturated heterocycles. The summed E-state index contributed by atoms with van der Waals surface area (Å²) in [6, 6.07) is 23.8. The lowest BCUT2D eigenvalue weighted by atomic mass is 9.49. The number of hydrogen-bond acceptors (Lipinski definition) is 7. The van der Waals surface area contributed by atoms with Gasteiger partial charge in [-0.05, 0) is 67.1 Å². The number of hydrogen-bond donors (Lipinski definition) is 1. The molecule has 0 bridgehead atoms. The number of aromatic hydroxyl groups is 1. The van der Waals surface area contributed by atoms with Gasteiger partial charge in [0.2, 0.25) is 23.6 Å². The van der Waals surface area contributed by atoms with Crippen molar-refractivity contribution in [3.8, 4) is 17.2 Å². The number of halogens is 2. The summed E-state index contributed by atoms with van der Waals surface area (Å²) in [7, 11) is 2.92. The Hall–Kier alpha value is -5.12. The largest absolute Gasteiger partial charge is 0.508 e. The summed E-state index contributed by atoms with van der Waals surface area (Å²) in [5, 5.41) is 11.5. The average Bonchev–Trinajstić information content (AvgIpc) is 3.53. The van der Waals surface area contributed by atoms with Crippen LogP contribution in [0.1, 0.15) is 35.4 Å². The average molecular weight is 738 g/mol. The molecule has 52 heavy (non-hydrogen) atoms. The van der Waals surface area contributed by atoms with Crippen molar-refractivity contribution in [3.05, 3.63) is 123 Å². The highest BCUT2D eigenvalue weighted by molar-refractivity contribution is 6.33. The van der Waals surface area contributed by atoms with Crippen LogP contribution >= 0.6 is 23.2 Å². The third kappa shape index (κ3) is 4.75. The molecule has 4 aliphatic rings. The molecule has 264 valence electrons. The number of carbonyl (C=O) groups is 4. The van der Waals surface area contributed by atoms with Crippen LogP contribution in [0.3, 0.4) is 0 Å². The first-order valence-corrected chi connectivity index (χ1v) is 17.8. The Morgan fingerprint density at radius 1 is 0.769 bits per heavy atom. The van der Waals surface area contributed by atoms with Gasteiger partial charge >= 0.3 is 0 Å². The number of anilines is 2. The highest BCUT2D eigenvalue weighted by Gasteiger charge is 2.71. The van der Waals surface area contributed by atoms with Crippen LogP contribution in [0.25, 0.3) is 0 Å². The van der Waals surface area contributed by atoms with Crippen LogP contribution in [0.15, 0.2) is 96.6 Å². The van der Waals surface area contributed by atoms with E-state index in [2.05, 4.69) is 0 Å². The van der Waals surface area contributed by atoms with Gasteiger partial charge in [0.05, 0.1) is 48.8 Å². The number of allylic oxidation sites excluding steroid dienone is 2. The molecule has 9 nitrogen and oxygen atoms in total. The SMILES string of the molecule is COc1cc(O)cc(OC)c1[C@H]1C2=CC[C@@H]3C(=O)N(c4ccc(C)c(Cl)c4)C(=O)[C@@H]3[C@@H]2C[C@H]2C(=O)N(c3cccc(Cl)c3)C(=O)[C@@]12c1ccccc1. The molecule has 0 unspecified atom stereocenters. The Kier molecular flexibility index (Phi) is 8.19. The lowest BCUT2D eigenvalue weighted by molar-refractivity contribution is -0.127. The van der Waals surface area contributed by atoms with Crippen LogP contribution in [-0.2, 0) is 24.6 Å². The van der Waals surface area contributed by atoms with E-state index in [4.69, 9.17) is 32.7 Å². The van der Waals surface area contributed by atoms with E-state index >= 15 is 9.59 Å². The van der Waals surface area contributed by atoms with Crippen molar-refractivity contribution >= 4 is 58.2 Å². The molecule has 8 rings (SSSR count). The van der Waals surface area contributed by atoms with Crippen molar-refractivity contribution in [1.82, 2.24) is 0 Å². The summed E-state index contributed by atoms with van der Waals surface area (Å²) in [4.78, 5) is 61.7. The van der Waals surface area contributed by atoms with Crippen LogP contribution in [0.5, 0.6) is 17.2 Å². The van der Waals surface area contributed by atoms with Crippen LogP contribution in [-0.4, -0.2) is 43.0 Å². The van der Waals surface area contributed by atoms with E-state index in [0.717, 1.165) is 11.1 Å². The first-order chi connectivity index (χ1) is 25.0. The summed E-state index contributed by atoms with van der Waals surface area (Å²) in [5.74, 6) is -5.30. The Morgan fingerprint density at radius 2 is 1.46 bits per heavy atom. The normalized spacial score (nSPS) is 26.6. The van der Waals surface area contributed by atoms with Gasteiger partial charge in [0.25, 0.3) is 0 Å². The van der Waals surface area contributed by atoms with Crippen LogP contribution in [0.4, 0.5) is 11.4 Å². The second-order valence-electron chi connectivity index (χ2n) is 13.8. The van der Waals surface area contributed by atoms with Gasteiger partial charge in [-0.3, -0.25) is 19.2 Å². The molecule has 2 heterocycles. The molecule has 11 heteroatoms. The van der Waals surface area contributed by atoms with Crippen molar-refractivity contribution in [1.29, 1.82) is 0 Å². The van der Waals surface area contributed by atoms with E-state index in [0.29, 0.717) is 32.5 Å². The summed E-state index contributed by atoms with van der Waals surface area (Å²) in [6.45, 7) is 1.84. The van der Waals surface area contributed by atoms with E-state index in [-0.39, 0.29) is 41.9 Å². The van der Waals surface area contributed by atoms with Crippen molar-refractivity contribution < 1.29 is 33.8 Å². The number of methoxy groups -OCH3 is 2. The maximum Gasteiger partial charge on any atom is 0.246 e. The third-order valence-electron chi connectivity index (χ3n) is 11.4. The molecule has 0 radical (unpaired) electrons. The number of nitrogens with zero attached hydrogens (tertiary/aromatic N) is 2. The smallest absolute Gasteiger partial charge is 0.246 e. The molecule has 2 aliphatic carbocycles. The van der Waals surface area contributed by atoms with Gasteiger partial charge in [-0.1, -0.05) is 77.3 Å². The number of phenolic OH excluding ortho intramolecular Hbond substituents is 1. The molecule has 1 N–H and O–H groups in total. The van der Waals surface area contributed by atoms with Gasteiger partial charge in [-0.15, -0.1) is 0 Å². The van der Waals surface area contributed by atoms with E-state index in [9.17, 15) is 14.7 Å². The predicted octanol–water partition coefficient (Wildman–Crippen LogP) is 7.39. The van der Waals surface area contributed by atoms with Gasteiger partial charge in [0.15, 0.2) is 0 Å². The third-order valence-corrected chi connectivity index (χ3v) is 12.0. The number of benzene rings is 4. The quantitative estimate of drug-likeness (QED) is 0.162. The van der Waals surface area contributed by atoms with Crippen LogP contribution < -0.4 is 19.3 Å².